The number of rotatable bonds is 2. The molecular weight excluding hydrogens is 263 g/mol. The van der Waals surface area contributed by atoms with Crippen LogP contribution in [0.1, 0.15) is 8.44 Å². The lowest BCUT2D eigenvalue weighted by Crippen LogP contribution is -2.04. The standard InChI is InChI=1S/C10H8BrFN2O/c11-8-2-1-3-9(10(8)12)14-7(6-15)4-5-13-14/h1-5,15H,6H2/i6D2. The lowest BCUT2D eigenvalue weighted by Gasteiger charge is -2.07. The molecule has 0 aliphatic rings. The van der Waals surface area contributed by atoms with Crippen LogP contribution in [0.15, 0.2) is 34.9 Å². The summed E-state index contributed by atoms with van der Waals surface area (Å²) in [7, 11) is 0. The molecule has 0 aliphatic carbocycles. The zero-order valence-corrected chi connectivity index (χ0v) is 9.07. The molecule has 15 heavy (non-hydrogen) atoms. The molecule has 0 spiro atoms. The lowest BCUT2D eigenvalue weighted by molar-refractivity contribution is 0.273. The molecule has 5 heteroatoms. The molecule has 0 radical (unpaired) electrons. The molecule has 3 nitrogen and oxygen atoms in total. The minimum Gasteiger partial charge on any atom is -0.390 e. The smallest absolute Gasteiger partial charge is 0.163 e. The summed E-state index contributed by atoms with van der Waals surface area (Å²) in [5.74, 6) is -0.568. The second-order valence-electron chi connectivity index (χ2n) is 2.81. The quantitative estimate of drug-likeness (QED) is 0.911. The van der Waals surface area contributed by atoms with E-state index in [1.165, 1.54) is 24.4 Å². The van der Waals surface area contributed by atoms with Gasteiger partial charge < -0.3 is 5.11 Å². The number of nitrogens with zero attached hydrogens (tertiary/aromatic N) is 2. The first-order chi connectivity index (χ1) is 7.91. The van der Waals surface area contributed by atoms with Gasteiger partial charge in [-0.2, -0.15) is 5.10 Å². The van der Waals surface area contributed by atoms with Gasteiger partial charge in [0, 0.05) is 6.20 Å². The Morgan fingerprint density at radius 2 is 2.33 bits per heavy atom. The van der Waals surface area contributed by atoms with Crippen molar-refractivity contribution < 1.29 is 12.2 Å². The normalized spacial score (nSPS) is 13.5. The van der Waals surface area contributed by atoms with E-state index in [1.54, 1.807) is 6.07 Å². The Hall–Kier alpha value is -1.20. The SMILES string of the molecule is [2H]C([2H])(O)c1ccnn1-c1cccc(Br)c1F. The van der Waals surface area contributed by atoms with E-state index in [0.717, 1.165) is 4.68 Å². The fourth-order valence-electron chi connectivity index (χ4n) is 1.24. The van der Waals surface area contributed by atoms with E-state index < -0.39 is 12.4 Å². The van der Waals surface area contributed by atoms with Crippen LogP contribution in [0.2, 0.25) is 0 Å². The van der Waals surface area contributed by atoms with Crippen LogP contribution in [0.4, 0.5) is 4.39 Å². The Morgan fingerprint density at radius 3 is 3.07 bits per heavy atom. The third-order valence-electron chi connectivity index (χ3n) is 1.92. The molecule has 0 unspecified atom stereocenters. The highest BCUT2D eigenvalue weighted by atomic mass is 79.9. The number of aliphatic hydroxyl groups is 1. The second-order valence-corrected chi connectivity index (χ2v) is 3.67. The highest BCUT2D eigenvalue weighted by Gasteiger charge is 2.10. The lowest BCUT2D eigenvalue weighted by atomic mass is 10.3. The van der Waals surface area contributed by atoms with Crippen molar-refractivity contribution >= 4 is 15.9 Å². The van der Waals surface area contributed by atoms with Crippen LogP contribution in [0.3, 0.4) is 0 Å². The Bertz CT molecular complexity index is 553. The molecule has 0 fully saturated rings. The Kier molecular flexibility index (Phi) is 2.20. The third kappa shape index (κ3) is 1.80. The van der Waals surface area contributed by atoms with E-state index in [4.69, 9.17) is 2.74 Å². The maximum atomic E-state index is 13.8. The molecule has 1 aromatic carbocycles. The van der Waals surface area contributed by atoms with Crippen molar-refractivity contribution in [2.45, 2.75) is 6.56 Å². The van der Waals surface area contributed by atoms with Gasteiger partial charge in [-0.1, -0.05) is 6.07 Å². The fraction of sp³-hybridized carbons (Fsp3) is 0.100. The van der Waals surface area contributed by atoms with Crippen molar-refractivity contribution in [2.75, 3.05) is 0 Å². The van der Waals surface area contributed by atoms with E-state index in [9.17, 15) is 9.50 Å². The molecule has 1 aromatic heterocycles. The first-order valence-corrected chi connectivity index (χ1v) is 4.92. The van der Waals surface area contributed by atoms with E-state index >= 15 is 0 Å². The summed E-state index contributed by atoms with van der Waals surface area (Å²) < 4.78 is 29.6. The Morgan fingerprint density at radius 1 is 1.53 bits per heavy atom. The number of hydrogen-bond donors (Lipinski definition) is 1. The monoisotopic (exact) mass is 272 g/mol. The predicted octanol–water partition coefficient (Wildman–Crippen LogP) is 2.27. The van der Waals surface area contributed by atoms with Crippen LogP contribution in [0.25, 0.3) is 5.69 Å². The Labute approximate surface area is 97.1 Å². The van der Waals surface area contributed by atoms with Gasteiger partial charge in [0.25, 0.3) is 0 Å². The van der Waals surface area contributed by atoms with Crippen LogP contribution in [0, 0.1) is 5.82 Å². The highest BCUT2D eigenvalue weighted by Crippen LogP contribution is 2.22. The molecule has 0 atom stereocenters. The summed E-state index contributed by atoms with van der Waals surface area (Å²) in [6, 6.07) is 5.86. The molecule has 2 aromatic rings. The molecule has 78 valence electrons. The van der Waals surface area contributed by atoms with Crippen molar-refractivity contribution in [2.24, 2.45) is 0 Å². The molecule has 1 heterocycles. The van der Waals surface area contributed by atoms with Gasteiger partial charge in [0.2, 0.25) is 0 Å². The summed E-state index contributed by atoms with van der Waals surface area (Å²) in [5, 5.41) is 13.1. The number of hydrogen-bond acceptors (Lipinski definition) is 2. The van der Waals surface area contributed by atoms with E-state index in [2.05, 4.69) is 21.0 Å². The molecule has 0 amide bonds. The van der Waals surface area contributed by atoms with Gasteiger partial charge in [-0.15, -0.1) is 0 Å². The Balaban J connectivity index is 2.62. The van der Waals surface area contributed by atoms with Crippen molar-refractivity contribution in [1.82, 2.24) is 9.78 Å². The summed E-state index contributed by atoms with van der Waals surface area (Å²) >= 11 is 3.03. The zero-order valence-electron chi connectivity index (χ0n) is 9.48. The maximum Gasteiger partial charge on any atom is 0.163 e. The first kappa shape index (κ1) is 8.01. The average Bonchev–Trinajstić information content (AvgIpc) is 2.70. The summed E-state index contributed by atoms with van der Waals surface area (Å²) in [4.78, 5) is 0. The molecule has 0 saturated carbocycles. The van der Waals surface area contributed by atoms with Crippen LogP contribution in [-0.4, -0.2) is 14.9 Å². The largest absolute Gasteiger partial charge is 0.390 e. The van der Waals surface area contributed by atoms with Crippen molar-refractivity contribution in [3.8, 4) is 5.69 Å². The summed E-state index contributed by atoms with van der Waals surface area (Å²) in [5.41, 5.74) is -0.0631. The second kappa shape index (κ2) is 4.12. The number of halogens is 2. The van der Waals surface area contributed by atoms with E-state index in [1.807, 2.05) is 0 Å². The highest BCUT2D eigenvalue weighted by molar-refractivity contribution is 9.10. The fourth-order valence-corrected chi connectivity index (χ4v) is 1.59. The molecule has 2 rings (SSSR count). The van der Waals surface area contributed by atoms with Gasteiger partial charge in [-0.3, -0.25) is 0 Å². The van der Waals surface area contributed by atoms with Crippen molar-refractivity contribution in [3.05, 3.63) is 46.4 Å². The van der Waals surface area contributed by atoms with Gasteiger partial charge in [0.05, 0.1) is 19.5 Å². The van der Waals surface area contributed by atoms with Crippen LogP contribution < -0.4 is 0 Å². The molecular formula is C10H8BrFN2O. The van der Waals surface area contributed by atoms with Crippen LogP contribution in [-0.2, 0) is 6.56 Å². The minimum atomic E-state index is -2.58. The predicted molar refractivity (Wildman–Crippen MR) is 57.1 cm³/mol. The van der Waals surface area contributed by atoms with Crippen molar-refractivity contribution in [3.63, 3.8) is 0 Å². The first-order valence-electron chi connectivity index (χ1n) is 5.12. The van der Waals surface area contributed by atoms with E-state index in [-0.39, 0.29) is 15.9 Å². The summed E-state index contributed by atoms with van der Waals surface area (Å²) in [6.07, 6.45) is 1.30. The van der Waals surface area contributed by atoms with Crippen molar-refractivity contribution in [1.29, 1.82) is 0 Å². The minimum absolute atomic E-state index is 0.0669. The van der Waals surface area contributed by atoms with Gasteiger partial charge in [-0.25, -0.2) is 9.07 Å². The number of benzene rings is 1. The van der Waals surface area contributed by atoms with Crippen LogP contribution in [0.5, 0.6) is 0 Å². The van der Waals surface area contributed by atoms with Gasteiger partial charge in [-0.05, 0) is 34.1 Å². The molecule has 1 N–H and O–H groups in total. The van der Waals surface area contributed by atoms with Gasteiger partial charge >= 0.3 is 0 Å². The molecule has 0 aliphatic heterocycles. The average molecular weight is 273 g/mol. The van der Waals surface area contributed by atoms with E-state index in [0.29, 0.717) is 0 Å². The number of aromatic nitrogens is 2. The zero-order chi connectivity index (χ0) is 12.6. The third-order valence-corrected chi connectivity index (χ3v) is 2.53. The van der Waals surface area contributed by atoms with Gasteiger partial charge in [0.15, 0.2) is 5.82 Å². The molecule has 0 bridgehead atoms. The van der Waals surface area contributed by atoms with Gasteiger partial charge in [0.1, 0.15) is 5.69 Å². The maximum absolute atomic E-state index is 13.8. The summed E-state index contributed by atoms with van der Waals surface area (Å²) in [6.45, 7) is -2.58. The molecule has 0 saturated heterocycles. The topological polar surface area (TPSA) is 38.1 Å². The van der Waals surface area contributed by atoms with Crippen LogP contribution >= 0.6 is 15.9 Å².